The lowest BCUT2D eigenvalue weighted by Crippen LogP contribution is -2.20. The first kappa shape index (κ1) is 11.8. The SMILES string of the molecule is C(=C\c1cc[n+]2ccc3sccc3c2c1)/c1ccsc1. The molecule has 0 atom stereocenters. The standard InChI is InChI=1S/C17H12NS2/c1(2-14-5-9-19-12-14)13-3-7-18-8-4-17-15(6-10-20-17)16(18)11-13/h1-12H/q+1/b2-1+. The van der Waals surface area contributed by atoms with E-state index in [1.54, 1.807) is 22.7 Å². The molecule has 4 aromatic heterocycles. The van der Waals surface area contributed by atoms with Crippen LogP contribution in [0.4, 0.5) is 0 Å². The van der Waals surface area contributed by atoms with Crippen LogP contribution >= 0.6 is 22.7 Å². The van der Waals surface area contributed by atoms with Gasteiger partial charge >= 0.3 is 0 Å². The molecule has 1 nitrogen and oxygen atoms in total. The number of aromatic nitrogens is 1. The Hall–Kier alpha value is -1.97. The summed E-state index contributed by atoms with van der Waals surface area (Å²) in [5.74, 6) is 0. The van der Waals surface area contributed by atoms with E-state index in [4.69, 9.17) is 0 Å². The average Bonchev–Trinajstić information content (AvgIpc) is 3.16. The van der Waals surface area contributed by atoms with Crippen molar-refractivity contribution in [2.45, 2.75) is 0 Å². The van der Waals surface area contributed by atoms with Crippen LogP contribution in [0.5, 0.6) is 0 Å². The van der Waals surface area contributed by atoms with Gasteiger partial charge in [-0.15, -0.1) is 11.3 Å². The predicted molar refractivity (Wildman–Crippen MR) is 88.2 cm³/mol. The number of hydrogen-bond donors (Lipinski definition) is 0. The third kappa shape index (κ3) is 2.05. The Morgan fingerprint density at radius 1 is 0.900 bits per heavy atom. The van der Waals surface area contributed by atoms with Crippen molar-refractivity contribution in [3.05, 3.63) is 70.0 Å². The molecule has 96 valence electrons. The van der Waals surface area contributed by atoms with Crippen molar-refractivity contribution in [1.82, 2.24) is 0 Å². The minimum atomic E-state index is 1.23. The second-order valence-electron chi connectivity index (χ2n) is 4.66. The Morgan fingerprint density at radius 3 is 2.70 bits per heavy atom. The summed E-state index contributed by atoms with van der Waals surface area (Å²) in [6.45, 7) is 0. The van der Waals surface area contributed by atoms with Crippen molar-refractivity contribution >= 4 is 50.4 Å². The van der Waals surface area contributed by atoms with Crippen LogP contribution in [-0.2, 0) is 0 Å². The molecule has 0 amide bonds. The number of rotatable bonds is 2. The van der Waals surface area contributed by atoms with E-state index in [0.717, 1.165) is 0 Å². The maximum atomic E-state index is 2.25. The van der Waals surface area contributed by atoms with Crippen molar-refractivity contribution in [2.75, 3.05) is 0 Å². The molecule has 0 N–H and O–H groups in total. The third-order valence-electron chi connectivity index (χ3n) is 3.38. The van der Waals surface area contributed by atoms with E-state index < -0.39 is 0 Å². The van der Waals surface area contributed by atoms with E-state index in [2.05, 4.69) is 75.4 Å². The molecule has 0 aromatic carbocycles. The van der Waals surface area contributed by atoms with Crippen LogP contribution in [0.15, 0.2) is 58.9 Å². The Kier molecular flexibility index (Phi) is 2.87. The van der Waals surface area contributed by atoms with Crippen molar-refractivity contribution in [3.8, 4) is 0 Å². The molecule has 0 aliphatic heterocycles. The van der Waals surface area contributed by atoms with Gasteiger partial charge in [0.15, 0.2) is 12.4 Å². The summed E-state index contributed by atoms with van der Waals surface area (Å²) in [5.41, 5.74) is 3.75. The van der Waals surface area contributed by atoms with Gasteiger partial charge in [0, 0.05) is 22.9 Å². The van der Waals surface area contributed by atoms with Crippen LogP contribution in [0.3, 0.4) is 0 Å². The van der Waals surface area contributed by atoms with E-state index in [-0.39, 0.29) is 0 Å². The summed E-state index contributed by atoms with van der Waals surface area (Å²) in [7, 11) is 0. The molecule has 0 unspecified atom stereocenters. The molecule has 4 rings (SSSR count). The minimum absolute atomic E-state index is 1.23. The molecule has 0 saturated heterocycles. The van der Waals surface area contributed by atoms with E-state index >= 15 is 0 Å². The monoisotopic (exact) mass is 294 g/mol. The van der Waals surface area contributed by atoms with Crippen LogP contribution in [0.25, 0.3) is 27.8 Å². The third-order valence-corrected chi connectivity index (χ3v) is 4.96. The number of fused-ring (bicyclic) bond motifs is 3. The lowest BCUT2D eigenvalue weighted by atomic mass is 10.1. The van der Waals surface area contributed by atoms with Crippen molar-refractivity contribution in [2.24, 2.45) is 0 Å². The fourth-order valence-corrected chi connectivity index (χ4v) is 3.77. The maximum absolute atomic E-state index is 2.25. The van der Waals surface area contributed by atoms with Gasteiger partial charge in [-0.2, -0.15) is 15.7 Å². The second-order valence-corrected chi connectivity index (χ2v) is 6.38. The molecule has 0 saturated carbocycles. The average molecular weight is 294 g/mol. The molecule has 4 aromatic rings. The number of nitrogens with zero attached hydrogens (tertiary/aromatic N) is 1. The predicted octanol–water partition coefficient (Wildman–Crippen LogP) is 4.87. The lowest BCUT2D eigenvalue weighted by Gasteiger charge is -1.95. The van der Waals surface area contributed by atoms with Crippen molar-refractivity contribution < 1.29 is 4.40 Å². The summed E-state index contributed by atoms with van der Waals surface area (Å²) in [6.07, 6.45) is 8.59. The molecule has 20 heavy (non-hydrogen) atoms. The molecule has 4 heterocycles. The number of thiophene rings is 2. The molecule has 3 heteroatoms. The number of pyridine rings is 2. The molecule has 0 fully saturated rings. The summed E-state index contributed by atoms with van der Waals surface area (Å²) < 4.78 is 3.51. The van der Waals surface area contributed by atoms with E-state index in [1.807, 2.05) is 0 Å². The van der Waals surface area contributed by atoms with Gasteiger partial charge in [-0.05, 0) is 39.4 Å². The highest BCUT2D eigenvalue weighted by atomic mass is 32.1. The first-order valence-corrected chi connectivity index (χ1v) is 8.24. The van der Waals surface area contributed by atoms with E-state index in [9.17, 15) is 0 Å². The van der Waals surface area contributed by atoms with Crippen LogP contribution in [0.2, 0.25) is 0 Å². The van der Waals surface area contributed by atoms with Gasteiger partial charge < -0.3 is 0 Å². The second kappa shape index (κ2) is 4.85. The van der Waals surface area contributed by atoms with Crippen LogP contribution < -0.4 is 4.40 Å². The Balaban J connectivity index is 1.85. The zero-order chi connectivity index (χ0) is 13.4. The molecule has 0 spiro atoms. The smallest absolute Gasteiger partial charge is 0.167 e. The van der Waals surface area contributed by atoms with Crippen LogP contribution in [0.1, 0.15) is 11.1 Å². The van der Waals surface area contributed by atoms with Crippen molar-refractivity contribution in [1.29, 1.82) is 0 Å². The Bertz CT molecular complexity index is 901. The zero-order valence-electron chi connectivity index (χ0n) is 10.7. The fraction of sp³-hybridized carbons (Fsp3) is 0. The zero-order valence-corrected chi connectivity index (χ0v) is 12.3. The molecule has 0 aliphatic carbocycles. The van der Waals surface area contributed by atoms with Gasteiger partial charge in [-0.3, -0.25) is 0 Å². The molecule has 0 radical (unpaired) electrons. The Labute approximate surface area is 125 Å². The maximum Gasteiger partial charge on any atom is 0.219 e. The van der Waals surface area contributed by atoms with Crippen LogP contribution in [0, 0.1) is 0 Å². The van der Waals surface area contributed by atoms with Gasteiger partial charge in [0.2, 0.25) is 5.52 Å². The molecule has 0 bridgehead atoms. The van der Waals surface area contributed by atoms with Gasteiger partial charge in [-0.25, -0.2) is 0 Å². The van der Waals surface area contributed by atoms with Crippen LogP contribution in [-0.4, -0.2) is 0 Å². The van der Waals surface area contributed by atoms with E-state index in [1.165, 1.54) is 26.7 Å². The summed E-state index contributed by atoms with van der Waals surface area (Å²) in [6, 6.07) is 10.9. The van der Waals surface area contributed by atoms with Crippen molar-refractivity contribution in [3.63, 3.8) is 0 Å². The minimum Gasteiger partial charge on any atom is -0.167 e. The van der Waals surface area contributed by atoms with E-state index in [0.29, 0.717) is 0 Å². The first-order valence-electron chi connectivity index (χ1n) is 6.42. The highest BCUT2D eigenvalue weighted by molar-refractivity contribution is 7.17. The highest BCUT2D eigenvalue weighted by Gasteiger charge is 2.08. The number of hydrogen-bond acceptors (Lipinski definition) is 2. The van der Waals surface area contributed by atoms with Gasteiger partial charge in [0.1, 0.15) is 0 Å². The first-order chi connectivity index (χ1) is 9.90. The lowest BCUT2D eigenvalue weighted by molar-refractivity contribution is -0.510. The molecule has 0 aliphatic rings. The normalized spacial score (nSPS) is 11.8. The highest BCUT2D eigenvalue weighted by Crippen LogP contribution is 2.23. The summed E-state index contributed by atoms with van der Waals surface area (Å²) in [4.78, 5) is 0. The van der Waals surface area contributed by atoms with Gasteiger partial charge in [0.25, 0.3) is 0 Å². The molecular formula is C17H12NS2+. The molecular weight excluding hydrogens is 282 g/mol. The van der Waals surface area contributed by atoms with Gasteiger partial charge in [-0.1, -0.05) is 12.2 Å². The Morgan fingerprint density at radius 2 is 1.80 bits per heavy atom. The topological polar surface area (TPSA) is 4.10 Å². The fourth-order valence-electron chi connectivity index (χ4n) is 2.35. The largest absolute Gasteiger partial charge is 0.219 e. The quantitative estimate of drug-likeness (QED) is 0.464. The van der Waals surface area contributed by atoms with Gasteiger partial charge in [0.05, 0.1) is 5.39 Å². The summed E-state index contributed by atoms with van der Waals surface area (Å²) >= 11 is 3.52. The summed E-state index contributed by atoms with van der Waals surface area (Å²) in [5, 5.41) is 7.73.